The van der Waals surface area contributed by atoms with Gasteiger partial charge < -0.3 is 19.5 Å². The van der Waals surface area contributed by atoms with E-state index in [1.54, 1.807) is 0 Å². The first-order valence-electron chi connectivity index (χ1n) is 11.0. The Balaban J connectivity index is 1.55. The second-order valence-electron chi connectivity index (χ2n) is 7.90. The molecule has 3 aromatic carbocycles. The molecule has 0 radical (unpaired) electrons. The number of para-hydroxylation sites is 1. The molecule has 0 spiro atoms. The van der Waals surface area contributed by atoms with Gasteiger partial charge in [0.05, 0.1) is 24.9 Å². The highest BCUT2D eigenvalue weighted by Gasteiger charge is 2.33. The number of halogens is 1. The van der Waals surface area contributed by atoms with Gasteiger partial charge in [0.15, 0.2) is 0 Å². The van der Waals surface area contributed by atoms with Gasteiger partial charge in [0.25, 0.3) is 0 Å². The topological polar surface area (TPSA) is 46.5 Å². The molecule has 0 fully saturated rings. The summed E-state index contributed by atoms with van der Waals surface area (Å²) in [7, 11) is 0. The molecule has 1 aliphatic rings. The lowest BCUT2D eigenvalue weighted by Crippen LogP contribution is -2.37. The number of hydrogen-bond donors (Lipinski definition) is 1. The monoisotopic (exact) mass is 457 g/mol. The minimum absolute atomic E-state index is 0.177. The highest BCUT2D eigenvalue weighted by Crippen LogP contribution is 2.37. The van der Waals surface area contributed by atoms with Gasteiger partial charge in [0.2, 0.25) is 0 Å². The number of benzene rings is 3. The van der Waals surface area contributed by atoms with Crippen molar-refractivity contribution in [3.8, 4) is 11.4 Å². The molecule has 1 unspecified atom stereocenters. The van der Waals surface area contributed by atoms with Crippen LogP contribution in [0.5, 0.6) is 5.75 Å². The van der Waals surface area contributed by atoms with Gasteiger partial charge in [-0.2, -0.15) is 0 Å². The Morgan fingerprint density at radius 3 is 2.52 bits per heavy atom. The molecule has 1 atom stereocenters. The Morgan fingerprint density at radius 1 is 1.00 bits per heavy atom. The van der Waals surface area contributed by atoms with E-state index in [2.05, 4.69) is 28.1 Å². The summed E-state index contributed by atoms with van der Waals surface area (Å²) >= 11 is 6.17. The SMILES string of the molecule is CCOc1ccc(NC(=O)N2Cc3ccccc3-n3cccc3C2c2ccc(Cl)cc2)cc1. The molecule has 4 aromatic rings. The Bertz CT molecular complexity index is 1270. The van der Waals surface area contributed by atoms with Crippen LogP contribution in [0.4, 0.5) is 10.5 Å². The number of fused-ring (bicyclic) bond motifs is 3. The fourth-order valence-electron chi connectivity index (χ4n) is 4.33. The first-order chi connectivity index (χ1) is 16.1. The number of urea groups is 1. The Hall–Kier alpha value is -3.70. The zero-order valence-corrected chi connectivity index (χ0v) is 19.0. The molecule has 166 valence electrons. The van der Waals surface area contributed by atoms with Crippen LogP contribution in [0.1, 0.15) is 29.8 Å². The van der Waals surface area contributed by atoms with Gasteiger partial charge in [-0.05, 0) is 72.6 Å². The summed E-state index contributed by atoms with van der Waals surface area (Å²) in [6.07, 6.45) is 2.05. The summed E-state index contributed by atoms with van der Waals surface area (Å²) in [6, 6.07) is 26.9. The normalized spacial score (nSPS) is 14.7. The number of anilines is 1. The van der Waals surface area contributed by atoms with Crippen LogP contribution < -0.4 is 10.1 Å². The van der Waals surface area contributed by atoms with E-state index in [1.807, 2.05) is 84.8 Å². The molecule has 0 aliphatic carbocycles. The summed E-state index contributed by atoms with van der Waals surface area (Å²) in [6.45, 7) is 3.01. The van der Waals surface area contributed by atoms with Crippen LogP contribution >= 0.6 is 11.6 Å². The van der Waals surface area contributed by atoms with Crippen LogP contribution in [0.25, 0.3) is 5.69 Å². The highest BCUT2D eigenvalue weighted by molar-refractivity contribution is 6.30. The molecular weight excluding hydrogens is 434 g/mol. The Labute approximate surface area is 198 Å². The zero-order chi connectivity index (χ0) is 22.8. The van der Waals surface area contributed by atoms with E-state index in [9.17, 15) is 4.79 Å². The summed E-state index contributed by atoms with van der Waals surface area (Å²) in [5.41, 5.74) is 4.88. The van der Waals surface area contributed by atoms with Crippen molar-refractivity contribution < 1.29 is 9.53 Å². The highest BCUT2D eigenvalue weighted by atomic mass is 35.5. The molecule has 1 aliphatic heterocycles. The fraction of sp³-hybridized carbons (Fsp3) is 0.148. The third-order valence-electron chi connectivity index (χ3n) is 5.83. The van der Waals surface area contributed by atoms with Gasteiger partial charge in [0, 0.05) is 22.6 Å². The quantitative estimate of drug-likeness (QED) is 0.372. The van der Waals surface area contributed by atoms with Crippen molar-refractivity contribution in [3.63, 3.8) is 0 Å². The van der Waals surface area contributed by atoms with Gasteiger partial charge >= 0.3 is 6.03 Å². The molecule has 1 aromatic heterocycles. The maximum Gasteiger partial charge on any atom is 0.322 e. The number of nitrogens with one attached hydrogen (secondary N) is 1. The number of carbonyl (C=O) groups excluding carboxylic acids is 1. The van der Waals surface area contributed by atoms with E-state index in [0.29, 0.717) is 23.9 Å². The van der Waals surface area contributed by atoms with Crippen molar-refractivity contribution in [2.45, 2.75) is 19.5 Å². The smallest absolute Gasteiger partial charge is 0.322 e. The first-order valence-corrected chi connectivity index (χ1v) is 11.3. The van der Waals surface area contributed by atoms with E-state index >= 15 is 0 Å². The maximum atomic E-state index is 13.7. The first kappa shape index (κ1) is 21.2. The number of carbonyl (C=O) groups is 1. The number of aromatic nitrogens is 1. The third kappa shape index (κ3) is 4.20. The molecule has 1 N–H and O–H groups in total. The molecule has 0 saturated carbocycles. The lowest BCUT2D eigenvalue weighted by molar-refractivity contribution is 0.194. The van der Waals surface area contributed by atoms with Gasteiger partial charge in [-0.15, -0.1) is 0 Å². The Kier molecular flexibility index (Phi) is 5.80. The predicted molar refractivity (Wildman–Crippen MR) is 131 cm³/mol. The standard InChI is InChI=1S/C27H24ClN3O2/c1-2-33-23-15-13-22(14-16-23)29-27(32)31-18-20-6-3-4-7-24(20)30-17-5-8-25(30)26(31)19-9-11-21(28)12-10-19/h3-17,26H,2,18H2,1H3,(H,29,32). The summed E-state index contributed by atoms with van der Waals surface area (Å²) in [4.78, 5) is 15.5. The number of nitrogens with zero attached hydrogens (tertiary/aromatic N) is 2. The maximum absolute atomic E-state index is 13.7. The second kappa shape index (κ2) is 9.04. The van der Waals surface area contributed by atoms with Crippen LogP contribution in [-0.4, -0.2) is 22.1 Å². The molecule has 0 saturated heterocycles. The van der Waals surface area contributed by atoms with Crippen LogP contribution in [0.15, 0.2) is 91.1 Å². The van der Waals surface area contributed by atoms with E-state index in [0.717, 1.165) is 28.3 Å². The van der Waals surface area contributed by atoms with Crippen molar-refractivity contribution in [2.75, 3.05) is 11.9 Å². The minimum Gasteiger partial charge on any atom is -0.494 e. The van der Waals surface area contributed by atoms with Crippen LogP contribution in [0, 0.1) is 0 Å². The molecule has 2 heterocycles. The lowest BCUT2D eigenvalue weighted by atomic mass is 10.0. The summed E-state index contributed by atoms with van der Waals surface area (Å²) in [5, 5.41) is 3.73. The largest absolute Gasteiger partial charge is 0.494 e. The molecule has 6 heteroatoms. The summed E-state index contributed by atoms with van der Waals surface area (Å²) in [5.74, 6) is 0.774. The molecule has 2 amide bonds. The zero-order valence-electron chi connectivity index (χ0n) is 18.2. The van der Waals surface area contributed by atoms with Crippen LogP contribution in [0.3, 0.4) is 0 Å². The minimum atomic E-state index is -0.285. The van der Waals surface area contributed by atoms with Crippen molar-refractivity contribution in [1.82, 2.24) is 9.47 Å². The molecular formula is C27H24ClN3O2. The second-order valence-corrected chi connectivity index (χ2v) is 8.34. The van der Waals surface area contributed by atoms with Gasteiger partial charge in [-0.3, -0.25) is 0 Å². The fourth-order valence-corrected chi connectivity index (χ4v) is 4.46. The molecule has 0 bridgehead atoms. The van der Waals surface area contributed by atoms with Gasteiger partial charge in [-0.1, -0.05) is 41.9 Å². The summed E-state index contributed by atoms with van der Waals surface area (Å²) < 4.78 is 7.68. The lowest BCUT2D eigenvalue weighted by Gasteiger charge is -2.31. The van der Waals surface area contributed by atoms with Gasteiger partial charge in [0.1, 0.15) is 5.75 Å². The number of hydrogen-bond acceptors (Lipinski definition) is 2. The molecule has 33 heavy (non-hydrogen) atoms. The van der Waals surface area contributed by atoms with Crippen molar-refractivity contribution in [1.29, 1.82) is 0 Å². The van der Waals surface area contributed by atoms with E-state index in [4.69, 9.17) is 16.3 Å². The average molecular weight is 458 g/mol. The third-order valence-corrected chi connectivity index (χ3v) is 6.08. The van der Waals surface area contributed by atoms with E-state index in [-0.39, 0.29) is 12.1 Å². The van der Waals surface area contributed by atoms with Crippen LogP contribution in [0.2, 0.25) is 5.02 Å². The van der Waals surface area contributed by atoms with E-state index < -0.39 is 0 Å². The van der Waals surface area contributed by atoms with Crippen molar-refractivity contribution in [2.24, 2.45) is 0 Å². The van der Waals surface area contributed by atoms with Gasteiger partial charge in [-0.25, -0.2) is 4.79 Å². The number of rotatable bonds is 4. The van der Waals surface area contributed by atoms with Crippen LogP contribution in [-0.2, 0) is 6.54 Å². The predicted octanol–water partition coefficient (Wildman–Crippen LogP) is 6.67. The van der Waals surface area contributed by atoms with E-state index in [1.165, 1.54) is 0 Å². The van der Waals surface area contributed by atoms with Crippen molar-refractivity contribution in [3.05, 3.63) is 113 Å². The number of ether oxygens (including phenoxy) is 1. The average Bonchev–Trinajstić information content (AvgIpc) is 3.26. The number of amides is 2. The van der Waals surface area contributed by atoms with Crippen molar-refractivity contribution >= 4 is 23.3 Å². The molecule has 5 rings (SSSR count). The molecule has 5 nitrogen and oxygen atoms in total. The Morgan fingerprint density at radius 2 is 1.76 bits per heavy atom.